The largest absolute Gasteiger partial charge is 0.501 e. The first-order chi connectivity index (χ1) is 38.1. The van der Waals surface area contributed by atoms with Crippen molar-refractivity contribution in [3.05, 3.63) is 103 Å². The van der Waals surface area contributed by atoms with E-state index < -0.39 is 0 Å². The number of ether oxygens (including phenoxy) is 16. The molecule has 11 saturated heterocycles. The fraction of sp³-hybridized carbons (Fsp3) is 0.679. The molecule has 434 valence electrons. The van der Waals surface area contributed by atoms with Crippen molar-refractivity contribution in [3.8, 4) is 0 Å². The molecule has 0 aromatic carbocycles. The Hall–Kier alpha value is -5.46. The Kier molecular flexibility index (Phi) is 21.5. The van der Waals surface area contributed by atoms with E-state index in [1.807, 2.05) is 0 Å². The summed E-state index contributed by atoms with van der Waals surface area (Å²) in [7, 11) is 0. The van der Waals surface area contributed by atoms with Crippen LogP contribution >= 0.6 is 0 Å². The van der Waals surface area contributed by atoms with Crippen molar-refractivity contribution in [2.24, 2.45) is 11.3 Å². The molecule has 2 bridgehead atoms. The van der Waals surface area contributed by atoms with Crippen molar-refractivity contribution in [2.75, 3.05) is 98.9 Å². The first kappa shape index (κ1) is 58.7. The lowest BCUT2D eigenvalue weighted by Crippen LogP contribution is -2.49. The van der Waals surface area contributed by atoms with Crippen LogP contribution in [0.25, 0.3) is 0 Å². The summed E-state index contributed by atoms with van der Waals surface area (Å²) in [5, 5.41) is 0. The number of hydrogen-bond donors (Lipinski definition) is 0. The number of carbonyl (C=O) groups is 2. The Morgan fingerprint density at radius 1 is 0.462 bits per heavy atom. The van der Waals surface area contributed by atoms with Gasteiger partial charge in [0, 0.05) is 12.3 Å². The zero-order valence-corrected chi connectivity index (χ0v) is 45.0. The Morgan fingerprint density at radius 2 is 0.846 bits per heavy atom. The molecule has 22 heteroatoms. The van der Waals surface area contributed by atoms with E-state index in [-0.39, 0.29) is 90.8 Å². The van der Waals surface area contributed by atoms with Crippen LogP contribution in [0.4, 0.5) is 9.59 Å². The fourth-order valence-electron chi connectivity index (χ4n) is 11.0. The lowest BCUT2D eigenvalue weighted by molar-refractivity contribution is -0.160. The topological polar surface area (TPSA) is 208 Å². The average Bonchev–Trinajstić information content (AvgIpc) is 4.53. The predicted molar refractivity (Wildman–Crippen MR) is 281 cm³/mol. The van der Waals surface area contributed by atoms with Gasteiger partial charge in [0.1, 0.15) is 56.1 Å². The van der Waals surface area contributed by atoms with Crippen LogP contribution in [0.5, 0.6) is 0 Å². The molecule has 0 aromatic rings. The molecule has 0 radical (unpaired) electrons. The van der Waals surface area contributed by atoms with E-state index in [1.165, 1.54) is 50.1 Å². The zero-order valence-electron chi connectivity index (χ0n) is 45.0. The maximum Gasteiger partial charge on any atom is 0.323 e. The molecule has 4 amide bonds. The van der Waals surface area contributed by atoms with Gasteiger partial charge in [-0.3, -0.25) is 19.6 Å². The molecule has 0 N–H and O–H groups in total. The summed E-state index contributed by atoms with van der Waals surface area (Å²) in [6, 6.07) is -0.0798. The molecule has 12 fully saturated rings. The van der Waals surface area contributed by atoms with Crippen LogP contribution in [0.1, 0.15) is 38.5 Å². The Morgan fingerprint density at radius 3 is 1.15 bits per heavy atom. The zero-order chi connectivity index (χ0) is 55.0. The second-order valence-electron chi connectivity index (χ2n) is 20.8. The summed E-state index contributed by atoms with van der Waals surface area (Å²) < 4.78 is 85.3. The Bertz CT molecular complexity index is 1850. The second-order valence-corrected chi connectivity index (χ2v) is 20.8. The van der Waals surface area contributed by atoms with Crippen LogP contribution in [0.15, 0.2) is 103 Å². The molecule has 0 aromatic heterocycles. The number of urea groups is 2. The number of fused-ring (bicyclic) bond motifs is 4. The molecule has 11 aliphatic heterocycles. The van der Waals surface area contributed by atoms with Crippen LogP contribution in [0.3, 0.4) is 0 Å². The summed E-state index contributed by atoms with van der Waals surface area (Å²) in [6.07, 6.45) is 18.9. The fourth-order valence-corrected chi connectivity index (χ4v) is 11.0. The summed E-state index contributed by atoms with van der Waals surface area (Å²) in [5.74, 6) is 0.502. The number of amides is 4. The number of carbonyl (C=O) groups excluding carboxylic acids is 2. The first-order valence-electron chi connectivity index (χ1n) is 27.2. The van der Waals surface area contributed by atoms with Gasteiger partial charge in [-0.2, -0.15) is 0 Å². The number of nitrogens with zero attached hydrogens (tertiary/aromatic N) is 4. The summed E-state index contributed by atoms with van der Waals surface area (Å²) in [4.78, 5) is 33.5. The van der Waals surface area contributed by atoms with Gasteiger partial charge >= 0.3 is 12.1 Å². The minimum Gasteiger partial charge on any atom is -0.501 e. The van der Waals surface area contributed by atoms with Gasteiger partial charge in [-0.1, -0.05) is 52.6 Å². The van der Waals surface area contributed by atoms with Crippen molar-refractivity contribution in [2.45, 2.75) is 130 Å². The maximum atomic E-state index is 13.2. The van der Waals surface area contributed by atoms with Gasteiger partial charge in [-0.15, -0.1) is 0 Å². The minimum atomic E-state index is -0.305. The SMILES string of the molecule is C=COC1CCC(OC=C)CC1.C=COC1COC2C(OC=C)COC12.C=COCC1(COC=C)COC1.C=COCC1CC2OC1CC2OC=C.O=C1N(CC2CO2)C2C(N1CC1CO1)N(CC1CO1)C(=O)N2CC1CO1. The standard InChI is InChI=1S/C16H22N4O6.C11H16O3.C10H14O4.C10H16O2.C9H14O3/c21-15-17(1-9-5-23-9)13-14(19(15)3-11-7-25-11)20(4-12-8-26-12)16(22)18(13)2-10-6-24-10;1-3-12-7-8-5-11-10(13-4-2)6-9(8)14-11;1-3-11-7-5-13-10-8(12-4-2)6-14-9(7)10;1-3-11-9-5-7-10(8-6-9)12-4-2;1-3-10-5-9(6-11-4-2)7-12-8-9/h9-14H,1-8H2;3-4,8-11H,1-2,5-7H2;3-4,7-10H,1-2,5-6H2;3-4,9-10H,1-2,5-8H2;3-4H,1-2,5-8H2. The molecule has 12 rings (SSSR count). The third kappa shape index (κ3) is 15.7. The van der Waals surface area contributed by atoms with E-state index in [9.17, 15) is 9.59 Å². The van der Waals surface area contributed by atoms with E-state index >= 15 is 0 Å². The van der Waals surface area contributed by atoms with Crippen LogP contribution in [0, 0.1) is 11.3 Å². The monoisotopic (exact) mass is 1100 g/mol. The van der Waals surface area contributed by atoms with Gasteiger partial charge < -0.3 is 75.8 Å². The van der Waals surface area contributed by atoms with Crippen LogP contribution in [-0.2, 0) is 75.8 Å². The van der Waals surface area contributed by atoms with Crippen molar-refractivity contribution in [1.29, 1.82) is 0 Å². The maximum absolute atomic E-state index is 13.2. The molecule has 1 aliphatic carbocycles. The number of rotatable bonds is 27. The lowest BCUT2D eigenvalue weighted by atomic mass is 9.88. The second kappa shape index (κ2) is 28.6. The normalized spacial score (nSPS) is 35.9. The van der Waals surface area contributed by atoms with E-state index in [1.54, 1.807) is 19.6 Å². The molecule has 12 atom stereocenters. The quantitative estimate of drug-likeness (QED) is 0.0751. The van der Waals surface area contributed by atoms with E-state index in [0.29, 0.717) is 123 Å². The molecule has 12 unspecified atom stereocenters. The predicted octanol–water partition coefficient (Wildman–Crippen LogP) is 5.34. The van der Waals surface area contributed by atoms with E-state index in [0.717, 1.165) is 38.5 Å². The van der Waals surface area contributed by atoms with E-state index in [4.69, 9.17) is 75.8 Å². The highest BCUT2D eigenvalue weighted by molar-refractivity contribution is 5.85. The molecule has 11 heterocycles. The molecular weight excluding hydrogens is 1020 g/mol. The van der Waals surface area contributed by atoms with Crippen LogP contribution in [-0.4, -0.2) is 222 Å². The van der Waals surface area contributed by atoms with Crippen molar-refractivity contribution in [3.63, 3.8) is 0 Å². The highest BCUT2D eigenvalue weighted by atomic mass is 16.6. The van der Waals surface area contributed by atoms with Gasteiger partial charge in [0.2, 0.25) is 0 Å². The van der Waals surface area contributed by atoms with Gasteiger partial charge in [0.15, 0.2) is 0 Å². The Balaban J connectivity index is 0.000000135. The van der Waals surface area contributed by atoms with E-state index in [2.05, 4.69) is 52.6 Å². The third-order valence-electron chi connectivity index (χ3n) is 15.3. The molecule has 1 saturated carbocycles. The Labute approximate surface area is 458 Å². The van der Waals surface area contributed by atoms with Gasteiger partial charge in [-0.05, 0) is 32.1 Å². The average molecular weight is 1100 g/mol. The lowest BCUT2D eigenvalue weighted by Gasteiger charge is -2.39. The van der Waals surface area contributed by atoms with Gasteiger partial charge in [0.05, 0.1) is 190 Å². The first-order valence-corrected chi connectivity index (χ1v) is 27.2. The van der Waals surface area contributed by atoms with Gasteiger partial charge in [-0.25, -0.2) is 9.59 Å². The molecular formula is C56H82N4O18. The van der Waals surface area contributed by atoms with Crippen molar-refractivity contribution < 1.29 is 85.4 Å². The van der Waals surface area contributed by atoms with Crippen molar-refractivity contribution in [1.82, 2.24) is 19.6 Å². The van der Waals surface area contributed by atoms with Gasteiger partial charge in [0.25, 0.3) is 0 Å². The molecule has 12 aliphatic rings. The molecule has 22 nitrogen and oxygen atoms in total. The summed E-state index contributed by atoms with van der Waals surface area (Å²) >= 11 is 0. The third-order valence-corrected chi connectivity index (χ3v) is 15.3. The minimum absolute atomic E-state index is 0.0162. The smallest absolute Gasteiger partial charge is 0.323 e. The number of hydrogen-bond acceptors (Lipinski definition) is 18. The van der Waals surface area contributed by atoms with Crippen LogP contribution in [0.2, 0.25) is 0 Å². The summed E-state index contributed by atoms with van der Waals surface area (Å²) in [5.41, 5.74) is 0.0162. The number of epoxide rings is 4. The highest BCUT2D eigenvalue weighted by Gasteiger charge is 2.62. The summed E-state index contributed by atoms with van der Waals surface area (Å²) in [6.45, 7) is 37.3. The molecule has 78 heavy (non-hydrogen) atoms. The molecule has 0 spiro atoms. The van der Waals surface area contributed by atoms with Crippen LogP contribution < -0.4 is 0 Å². The van der Waals surface area contributed by atoms with Crippen molar-refractivity contribution >= 4 is 12.1 Å². The highest BCUT2D eigenvalue weighted by Crippen LogP contribution is 2.42.